The number of carbonyl (C=O) groups is 1. The monoisotopic (exact) mass is 277 g/mol. The van der Waals surface area contributed by atoms with E-state index in [1.165, 1.54) is 30.4 Å². The van der Waals surface area contributed by atoms with Gasteiger partial charge in [0, 0.05) is 32.5 Å². The highest BCUT2D eigenvalue weighted by molar-refractivity contribution is 5.75. The summed E-state index contributed by atoms with van der Waals surface area (Å²) in [6.45, 7) is 3.71. The minimum atomic E-state index is 0.147. The third kappa shape index (κ3) is 3.63. The summed E-state index contributed by atoms with van der Waals surface area (Å²) in [5.74, 6) is 0.147. The Morgan fingerprint density at radius 2 is 2.20 bits per heavy atom. The van der Waals surface area contributed by atoms with Gasteiger partial charge in [0.25, 0.3) is 0 Å². The number of aromatic nitrogens is 1. The Kier molecular flexibility index (Phi) is 5.24. The molecule has 0 aliphatic heterocycles. The van der Waals surface area contributed by atoms with E-state index in [4.69, 9.17) is 0 Å². The molecule has 1 amide bonds. The van der Waals surface area contributed by atoms with Crippen LogP contribution in [0.5, 0.6) is 0 Å². The second kappa shape index (κ2) is 6.93. The van der Waals surface area contributed by atoms with Crippen molar-refractivity contribution in [2.75, 3.05) is 20.6 Å². The van der Waals surface area contributed by atoms with Crippen LogP contribution in [0.25, 0.3) is 0 Å². The zero-order valence-electron chi connectivity index (χ0n) is 13.0. The van der Waals surface area contributed by atoms with E-state index in [1.807, 2.05) is 14.1 Å². The Hall–Kier alpha value is -1.29. The van der Waals surface area contributed by atoms with Gasteiger partial charge >= 0.3 is 0 Å². The fraction of sp³-hybridized carbons (Fsp3) is 0.688. The smallest absolute Gasteiger partial charge is 0.241 e. The van der Waals surface area contributed by atoms with Crippen LogP contribution in [0.15, 0.2) is 12.4 Å². The highest BCUT2D eigenvalue weighted by atomic mass is 16.2. The van der Waals surface area contributed by atoms with Crippen LogP contribution in [0, 0.1) is 0 Å². The van der Waals surface area contributed by atoms with Crippen molar-refractivity contribution in [2.45, 2.75) is 51.6 Å². The van der Waals surface area contributed by atoms with Crippen LogP contribution in [-0.2, 0) is 17.8 Å². The lowest BCUT2D eigenvalue weighted by atomic mass is 10.0. The van der Waals surface area contributed by atoms with Gasteiger partial charge in [0.1, 0.15) is 6.54 Å². The van der Waals surface area contributed by atoms with E-state index in [0.29, 0.717) is 12.6 Å². The predicted octanol–water partition coefficient (Wildman–Crippen LogP) is 2.34. The molecule has 1 aliphatic rings. The Morgan fingerprint density at radius 3 is 2.90 bits per heavy atom. The summed E-state index contributed by atoms with van der Waals surface area (Å²) in [7, 11) is 3.62. The molecule has 1 heterocycles. The molecule has 4 heteroatoms. The molecule has 0 saturated carbocycles. The fourth-order valence-corrected chi connectivity index (χ4v) is 2.84. The van der Waals surface area contributed by atoms with Crippen molar-refractivity contribution in [3.8, 4) is 0 Å². The summed E-state index contributed by atoms with van der Waals surface area (Å²) in [5, 5.41) is 3.65. The van der Waals surface area contributed by atoms with Gasteiger partial charge in [-0.25, -0.2) is 0 Å². The number of aryl methyl sites for hydroxylation is 1. The molecule has 0 radical (unpaired) electrons. The van der Waals surface area contributed by atoms with Gasteiger partial charge in [0.2, 0.25) is 5.91 Å². The second-order valence-corrected chi connectivity index (χ2v) is 5.95. The highest BCUT2D eigenvalue weighted by Gasteiger charge is 2.20. The summed E-state index contributed by atoms with van der Waals surface area (Å²) >= 11 is 0. The molecular formula is C16H27N3O. The number of fused-ring (bicyclic) bond motifs is 1. The maximum absolute atomic E-state index is 11.8. The van der Waals surface area contributed by atoms with Gasteiger partial charge in [-0.15, -0.1) is 0 Å². The van der Waals surface area contributed by atoms with Gasteiger partial charge in [-0.2, -0.15) is 0 Å². The van der Waals surface area contributed by atoms with E-state index in [1.54, 1.807) is 4.90 Å². The van der Waals surface area contributed by atoms with Crippen LogP contribution < -0.4 is 5.32 Å². The van der Waals surface area contributed by atoms with Gasteiger partial charge in [0.15, 0.2) is 0 Å². The minimum Gasteiger partial charge on any atom is -0.347 e. The van der Waals surface area contributed by atoms with Gasteiger partial charge in [-0.05, 0) is 43.4 Å². The molecular weight excluding hydrogens is 250 g/mol. The predicted molar refractivity (Wildman–Crippen MR) is 81.7 cm³/mol. The van der Waals surface area contributed by atoms with E-state index >= 15 is 0 Å². The van der Waals surface area contributed by atoms with Crippen molar-refractivity contribution < 1.29 is 4.79 Å². The van der Waals surface area contributed by atoms with Crippen molar-refractivity contribution in [2.24, 2.45) is 0 Å². The number of hydrogen-bond acceptors (Lipinski definition) is 2. The maximum atomic E-state index is 11.8. The van der Waals surface area contributed by atoms with E-state index in [-0.39, 0.29) is 5.91 Å². The molecule has 20 heavy (non-hydrogen) atoms. The maximum Gasteiger partial charge on any atom is 0.241 e. The quantitative estimate of drug-likeness (QED) is 0.839. The summed E-state index contributed by atoms with van der Waals surface area (Å²) < 4.78 is 2.05. The molecule has 0 saturated heterocycles. The number of nitrogens with one attached hydrogen (secondary N) is 1. The number of nitrogens with zero attached hydrogens (tertiary/aromatic N) is 2. The number of hydrogen-bond donors (Lipinski definition) is 1. The molecule has 1 unspecified atom stereocenters. The van der Waals surface area contributed by atoms with Gasteiger partial charge in [-0.1, -0.05) is 13.3 Å². The summed E-state index contributed by atoms with van der Waals surface area (Å²) in [5.41, 5.74) is 2.82. The van der Waals surface area contributed by atoms with Crippen LogP contribution in [0.3, 0.4) is 0 Å². The molecule has 1 aromatic heterocycles. The lowest BCUT2D eigenvalue weighted by Crippen LogP contribution is -2.26. The standard InChI is InChI=1S/C16H27N3O/c1-4-9-17-15-8-6-5-7-13-10-19(11-14(13)15)12-16(20)18(2)3/h10-11,15,17H,4-9,12H2,1-3H3. The molecule has 2 rings (SSSR count). The van der Waals surface area contributed by atoms with Gasteiger partial charge in [0.05, 0.1) is 0 Å². The summed E-state index contributed by atoms with van der Waals surface area (Å²) in [6, 6.07) is 0.461. The Labute approximate surface area is 122 Å². The number of likely N-dealkylation sites (N-methyl/N-ethyl adjacent to an activating group) is 1. The fourth-order valence-electron chi connectivity index (χ4n) is 2.84. The largest absolute Gasteiger partial charge is 0.347 e. The first kappa shape index (κ1) is 15.1. The molecule has 1 N–H and O–H groups in total. The van der Waals surface area contributed by atoms with Crippen LogP contribution in [0.4, 0.5) is 0 Å². The number of rotatable bonds is 5. The van der Waals surface area contributed by atoms with Crippen LogP contribution >= 0.6 is 0 Å². The van der Waals surface area contributed by atoms with Crippen LogP contribution in [0.1, 0.15) is 49.8 Å². The SMILES string of the molecule is CCCNC1CCCCc2cn(CC(=O)N(C)C)cc21. The average Bonchev–Trinajstić information content (AvgIpc) is 2.71. The topological polar surface area (TPSA) is 37.3 Å². The van der Waals surface area contributed by atoms with Crippen LogP contribution in [-0.4, -0.2) is 36.0 Å². The van der Waals surface area contributed by atoms with E-state index in [2.05, 4.69) is 29.2 Å². The Morgan fingerprint density at radius 1 is 1.40 bits per heavy atom. The molecule has 1 aromatic rings. The molecule has 1 atom stereocenters. The minimum absolute atomic E-state index is 0.147. The molecule has 0 aromatic carbocycles. The molecule has 1 aliphatic carbocycles. The van der Waals surface area contributed by atoms with E-state index < -0.39 is 0 Å². The number of amides is 1. The molecule has 0 bridgehead atoms. The zero-order chi connectivity index (χ0) is 14.5. The Bertz CT molecular complexity index is 451. The lowest BCUT2D eigenvalue weighted by Gasteiger charge is -2.16. The highest BCUT2D eigenvalue weighted by Crippen LogP contribution is 2.29. The molecule has 112 valence electrons. The first-order valence-electron chi connectivity index (χ1n) is 7.74. The zero-order valence-corrected chi connectivity index (χ0v) is 13.0. The molecule has 0 fully saturated rings. The molecule has 0 spiro atoms. The third-order valence-corrected chi connectivity index (χ3v) is 4.02. The average molecular weight is 277 g/mol. The Balaban J connectivity index is 2.14. The van der Waals surface area contributed by atoms with E-state index in [9.17, 15) is 4.79 Å². The first-order chi connectivity index (χ1) is 9.61. The number of carbonyl (C=O) groups excluding carboxylic acids is 1. The van der Waals surface area contributed by atoms with Gasteiger partial charge < -0.3 is 14.8 Å². The van der Waals surface area contributed by atoms with Crippen molar-refractivity contribution in [1.82, 2.24) is 14.8 Å². The second-order valence-electron chi connectivity index (χ2n) is 5.95. The first-order valence-corrected chi connectivity index (χ1v) is 7.74. The van der Waals surface area contributed by atoms with Crippen LogP contribution in [0.2, 0.25) is 0 Å². The third-order valence-electron chi connectivity index (χ3n) is 4.02. The van der Waals surface area contributed by atoms with Crippen molar-refractivity contribution in [3.05, 3.63) is 23.5 Å². The lowest BCUT2D eigenvalue weighted by molar-refractivity contribution is -0.129. The van der Waals surface area contributed by atoms with E-state index in [0.717, 1.165) is 19.4 Å². The van der Waals surface area contributed by atoms with Crippen molar-refractivity contribution in [3.63, 3.8) is 0 Å². The van der Waals surface area contributed by atoms with Gasteiger partial charge in [-0.3, -0.25) is 4.79 Å². The summed E-state index contributed by atoms with van der Waals surface area (Å²) in [4.78, 5) is 13.5. The van der Waals surface area contributed by atoms with Crippen molar-refractivity contribution in [1.29, 1.82) is 0 Å². The molecule has 4 nitrogen and oxygen atoms in total. The normalized spacial score (nSPS) is 18.4. The summed E-state index contributed by atoms with van der Waals surface area (Å²) in [6.07, 6.45) is 10.4. The van der Waals surface area contributed by atoms with Crippen molar-refractivity contribution >= 4 is 5.91 Å².